The molecule has 0 spiro atoms. The highest BCUT2D eigenvalue weighted by atomic mass is 16.4. The van der Waals surface area contributed by atoms with E-state index in [4.69, 9.17) is 10.2 Å². The Morgan fingerprint density at radius 2 is 0.482 bits per heavy atom. The number of hydrogen-bond donors (Lipinski definition) is 4. The number of carboxylic acids is 4. The maximum atomic E-state index is 12.3. The first kappa shape index (κ1) is 56.0. The summed E-state index contributed by atoms with van der Waals surface area (Å²) < 4.78 is 0. The molecule has 0 aliphatic carbocycles. The predicted octanol–water partition coefficient (Wildman–Crippen LogP) is 15.2. The summed E-state index contributed by atoms with van der Waals surface area (Å²) in [6.07, 6.45) is 37.9. The maximum absolute atomic E-state index is 12.3. The molecule has 4 N–H and O–H groups in total. The molecule has 0 aromatic heterocycles. The van der Waals surface area contributed by atoms with Crippen LogP contribution in [0.1, 0.15) is 272 Å². The maximum Gasteiger partial charge on any atom is 0.309 e. The van der Waals surface area contributed by atoms with Crippen LogP contribution in [0.2, 0.25) is 0 Å². The molecule has 8 nitrogen and oxygen atoms in total. The summed E-state index contributed by atoms with van der Waals surface area (Å²) in [5.74, 6) is -2.86. The number of aliphatic carboxylic acids is 4. The van der Waals surface area contributed by atoms with E-state index in [9.17, 15) is 29.4 Å². The number of hydrogen-bond acceptors (Lipinski definition) is 4. The zero-order valence-electron chi connectivity index (χ0n) is 37.3. The van der Waals surface area contributed by atoms with E-state index in [-0.39, 0.29) is 12.8 Å². The quantitative estimate of drug-likeness (QED) is 0.0446. The van der Waals surface area contributed by atoms with Gasteiger partial charge in [-0.2, -0.15) is 0 Å². The van der Waals surface area contributed by atoms with E-state index in [2.05, 4.69) is 27.7 Å². The van der Waals surface area contributed by atoms with Crippen molar-refractivity contribution in [2.75, 3.05) is 0 Å². The van der Waals surface area contributed by atoms with Gasteiger partial charge in [0.25, 0.3) is 0 Å². The van der Waals surface area contributed by atoms with Gasteiger partial charge in [0.05, 0.1) is 10.8 Å². The second kappa shape index (κ2) is 39.7. The molecule has 0 atom stereocenters. The summed E-state index contributed by atoms with van der Waals surface area (Å²) in [6.45, 7) is 8.83. The Hall–Kier alpha value is -2.12. The van der Waals surface area contributed by atoms with Crippen LogP contribution in [0, 0.1) is 10.8 Å². The van der Waals surface area contributed by atoms with Crippen LogP contribution in [-0.4, -0.2) is 44.3 Å². The fraction of sp³-hybridized carbons (Fsp3) is 0.917. The van der Waals surface area contributed by atoms with Crippen LogP contribution in [0.3, 0.4) is 0 Å². The molecule has 0 saturated heterocycles. The second-order valence-corrected chi connectivity index (χ2v) is 17.2. The van der Waals surface area contributed by atoms with Crippen molar-refractivity contribution in [3.8, 4) is 0 Å². The Morgan fingerprint density at radius 3 is 0.714 bits per heavy atom. The largest absolute Gasteiger partial charge is 0.481 e. The average Bonchev–Trinajstić information content (AvgIpc) is 3.16. The van der Waals surface area contributed by atoms with E-state index in [0.29, 0.717) is 25.7 Å². The van der Waals surface area contributed by atoms with E-state index in [1.54, 1.807) is 0 Å². The van der Waals surface area contributed by atoms with Gasteiger partial charge in [-0.25, -0.2) is 0 Å². The first-order chi connectivity index (χ1) is 27.0. The lowest BCUT2D eigenvalue weighted by molar-refractivity contribution is -0.152. The molecule has 8 heteroatoms. The fourth-order valence-corrected chi connectivity index (χ4v) is 8.21. The second-order valence-electron chi connectivity index (χ2n) is 17.2. The summed E-state index contributed by atoms with van der Waals surface area (Å²) in [7, 11) is 0. The third-order valence-electron chi connectivity index (χ3n) is 12.0. The van der Waals surface area contributed by atoms with E-state index in [0.717, 1.165) is 103 Å². The molecule has 0 aromatic carbocycles. The highest BCUT2D eigenvalue weighted by Crippen LogP contribution is 2.39. The number of rotatable bonds is 42. The van der Waals surface area contributed by atoms with E-state index in [1.807, 2.05) is 0 Å². The topological polar surface area (TPSA) is 149 Å². The van der Waals surface area contributed by atoms with Crippen molar-refractivity contribution in [2.24, 2.45) is 10.8 Å². The van der Waals surface area contributed by atoms with Gasteiger partial charge >= 0.3 is 23.9 Å². The normalized spacial score (nSPS) is 11.6. The summed E-state index contributed by atoms with van der Waals surface area (Å²) in [5.41, 5.74) is -1.26. The smallest absolute Gasteiger partial charge is 0.309 e. The molecular weight excluding hydrogens is 705 g/mol. The van der Waals surface area contributed by atoms with Gasteiger partial charge in [0.2, 0.25) is 0 Å². The van der Waals surface area contributed by atoms with Gasteiger partial charge < -0.3 is 20.4 Å². The predicted molar refractivity (Wildman–Crippen MR) is 234 cm³/mol. The van der Waals surface area contributed by atoms with Gasteiger partial charge in [-0.1, -0.05) is 207 Å². The average molecular weight is 797 g/mol. The first-order valence-electron chi connectivity index (χ1n) is 23.9. The molecule has 0 aliphatic heterocycles. The third kappa shape index (κ3) is 32.9. The zero-order chi connectivity index (χ0) is 42.2. The minimum absolute atomic E-state index is 0.0715. The zero-order valence-corrected chi connectivity index (χ0v) is 37.3. The molecule has 0 rings (SSSR count). The molecule has 0 heterocycles. The van der Waals surface area contributed by atoms with E-state index in [1.165, 1.54) is 103 Å². The van der Waals surface area contributed by atoms with Gasteiger partial charge in [0.1, 0.15) is 0 Å². The Balaban J connectivity index is 0. The minimum atomic E-state index is -0.830. The number of carbonyl (C=O) groups is 4. The summed E-state index contributed by atoms with van der Waals surface area (Å²) in [5, 5.41) is 37.7. The highest BCUT2D eigenvalue weighted by Gasteiger charge is 2.37. The van der Waals surface area contributed by atoms with Crippen LogP contribution in [-0.2, 0) is 19.2 Å². The molecule has 0 aliphatic rings. The van der Waals surface area contributed by atoms with Crippen LogP contribution < -0.4 is 0 Å². The van der Waals surface area contributed by atoms with Crippen molar-refractivity contribution in [2.45, 2.75) is 272 Å². The molecule has 332 valence electrons. The highest BCUT2D eigenvalue weighted by molar-refractivity contribution is 5.75. The van der Waals surface area contributed by atoms with Crippen molar-refractivity contribution in [3.63, 3.8) is 0 Å². The van der Waals surface area contributed by atoms with Crippen LogP contribution in [0.4, 0.5) is 0 Å². The Labute approximate surface area is 345 Å². The SMILES string of the molecule is CCCCCCCCC(CCCCCCCC)(CCCC(=O)O)C(=O)O.CCCCCCCCC(CCCCCCCC)(CCCCCCCC(=O)O)C(=O)O. The van der Waals surface area contributed by atoms with Crippen LogP contribution >= 0.6 is 0 Å². The van der Waals surface area contributed by atoms with Crippen LogP contribution in [0.25, 0.3) is 0 Å². The molecule has 0 fully saturated rings. The molecule has 0 bridgehead atoms. The summed E-state index contributed by atoms with van der Waals surface area (Å²) in [6, 6.07) is 0. The van der Waals surface area contributed by atoms with Crippen LogP contribution in [0.15, 0.2) is 0 Å². The molecule has 56 heavy (non-hydrogen) atoms. The number of carboxylic acid groups (broad SMARTS) is 4. The van der Waals surface area contributed by atoms with E-state index >= 15 is 0 Å². The summed E-state index contributed by atoms with van der Waals surface area (Å²) in [4.78, 5) is 45.8. The Kier molecular flexibility index (Phi) is 39.7. The molecular formula is C48H92O8. The standard InChI is InChI=1S/C26H50O4.C22H42O4/c1-3-5-7-9-13-17-21-26(25(29)30,22-18-14-10-8-6-4-2)23-19-15-11-12-16-20-24(27)28;1-3-5-7-9-11-13-17-22(21(25)26,19-15-16-20(23)24)18-14-12-10-8-6-4-2/h3-23H2,1-2H3,(H,27,28)(H,29,30);3-19H2,1-2H3,(H,23,24)(H,25,26). The van der Waals surface area contributed by atoms with Crippen molar-refractivity contribution in [1.29, 1.82) is 0 Å². The van der Waals surface area contributed by atoms with Crippen molar-refractivity contribution < 1.29 is 39.6 Å². The first-order valence-corrected chi connectivity index (χ1v) is 23.9. The van der Waals surface area contributed by atoms with Crippen LogP contribution in [0.5, 0.6) is 0 Å². The van der Waals surface area contributed by atoms with E-state index < -0.39 is 34.7 Å². The Morgan fingerprint density at radius 1 is 0.286 bits per heavy atom. The summed E-state index contributed by atoms with van der Waals surface area (Å²) >= 11 is 0. The molecule has 0 amide bonds. The lowest BCUT2D eigenvalue weighted by atomic mass is 9.74. The Bertz CT molecular complexity index is 900. The lowest BCUT2D eigenvalue weighted by Crippen LogP contribution is -2.31. The molecule has 0 saturated carbocycles. The van der Waals surface area contributed by atoms with Crippen molar-refractivity contribution in [1.82, 2.24) is 0 Å². The third-order valence-corrected chi connectivity index (χ3v) is 12.0. The minimum Gasteiger partial charge on any atom is -0.481 e. The van der Waals surface area contributed by atoms with Gasteiger partial charge in [0, 0.05) is 12.8 Å². The van der Waals surface area contributed by atoms with Gasteiger partial charge in [-0.05, 0) is 51.4 Å². The van der Waals surface area contributed by atoms with Gasteiger partial charge in [-0.3, -0.25) is 19.2 Å². The monoisotopic (exact) mass is 797 g/mol. The molecule has 0 radical (unpaired) electrons. The number of unbranched alkanes of at least 4 members (excludes halogenated alkanes) is 24. The van der Waals surface area contributed by atoms with Gasteiger partial charge in [0.15, 0.2) is 0 Å². The molecule has 0 unspecified atom stereocenters. The lowest BCUT2D eigenvalue weighted by Gasteiger charge is -2.30. The van der Waals surface area contributed by atoms with Crippen molar-refractivity contribution >= 4 is 23.9 Å². The molecule has 0 aromatic rings. The fourth-order valence-electron chi connectivity index (χ4n) is 8.21. The van der Waals surface area contributed by atoms with Crippen molar-refractivity contribution in [3.05, 3.63) is 0 Å². The van der Waals surface area contributed by atoms with Gasteiger partial charge in [-0.15, -0.1) is 0 Å².